The summed E-state index contributed by atoms with van der Waals surface area (Å²) in [4.78, 5) is 2.09. The monoisotopic (exact) mass is 494 g/mol. The molecule has 5 aromatic carbocycles. The van der Waals surface area contributed by atoms with Gasteiger partial charge in [-0.05, 0) is 65.7 Å². The van der Waals surface area contributed by atoms with Crippen LogP contribution in [0, 0.1) is 0 Å². The summed E-state index contributed by atoms with van der Waals surface area (Å²) in [6.45, 7) is 0. The van der Waals surface area contributed by atoms with E-state index < -0.39 is 6.04 Å². The maximum absolute atomic E-state index is 8.32. The second kappa shape index (κ2) is 8.27. The number of hydrogen-bond donors (Lipinski definition) is 0. The van der Waals surface area contributed by atoms with Gasteiger partial charge < -0.3 is 9.32 Å². The van der Waals surface area contributed by atoms with Crippen molar-refractivity contribution in [2.24, 2.45) is 0 Å². The molecule has 0 fully saturated rings. The Kier molecular flexibility index (Phi) is 3.78. The Morgan fingerprint density at radius 1 is 0.606 bits per heavy atom. The van der Waals surface area contributed by atoms with Gasteiger partial charge in [0.05, 0.1) is 6.85 Å². The average molecular weight is 495 g/mol. The van der Waals surface area contributed by atoms with Crippen molar-refractivity contribution < 1.29 is 11.3 Å². The molecule has 0 amide bonds. The number of nitrogens with zero attached hydrogens (tertiary/aromatic N) is 1. The van der Waals surface area contributed by atoms with Crippen LogP contribution in [0.5, 0.6) is 0 Å². The molecule has 6 aromatic rings. The molecule has 33 heavy (non-hydrogen) atoms. The molecule has 1 aromatic heterocycles. The molecule has 0 saturated carbocycles. The van der Waals surface area contributed by atoms with Gasteiger partial charge in [0.1, 0.15) is 11.2 Å². The molecule has 0 aliphatic heterocycles. The SMILES string of the molecule is [2H]c1c([2H])c([2H])c(-c2ccc(N(c3ccccc3)c3ccc4c(c3)oc3ccc(Br)cc34)cc2)c([2H])c1[2H]. The molecule has 158 valence electrons. The van der Waals surface area contributed by atoms with E-state index in [1.807, 2.05) is 66.7 Å². The number of rotatable bonds is 4. The lowest BCUT2D eigenvalue weighted by molar-refractivity contribution is 0.669. The highest BCUT2D eigenvalue weighted by Gasteiger charge is 2.15. The molecule has 2 nitrogen and oxygen atoms in total. The zero-order valence-corrected chi connectivity index (χ0v) is 19.0. The minimum atomic E-state index is -0.399. The van der Waals surface area contributed by atoms with E-state index >= 15 is 0 Å². The van der Waals surface area contributed by atoms with E-state index in [1.54, 1.807) is 12.1 Å². The van der Waals surface area contributed by atoms with Crippen molar-refractivity contribution in [2.75, 3.05) is 4.90 Å². The molecular formula is C30H20BrNO. The largest absolute Gasteiger partial charge is 0.456 e. The fourth-order valence-corrected chi connectivity index (χ4v) is 4.43. The number of fused-ring (bicyclic) bond motifs is 3. The molecule has 0 radical (unpaired) electrons. The third-order valence-electron chi connectivity index (χ3n) is 5.60. The Morgan fingerprint density at radius 3 is 2.12 bits per heavy atom. The van der Waals surface area contributed by atoms with E-state index in [-0.39, 0.29) is 29.7 Å². The summed E-state index contributed by atoms with van der Waals surface area (Å²) in [5.74, 6) is 0. The smallest absolute Gasteiger partial charge is 0.137 e. The standard InChI is InChI=1S/C30H20BrNO/c31-23-13-18-29-28(19-23)27-17-16-26(20-30(27)33-29)32(24-9-5-2-6-10-24)25-14-11-22(12-15-25)21-7-3-1-4-8-21/h1-20H/i1D,3D,4D,7D,8D. The highest BCUT2D eigenvalue weighted by Crippen LogP contribution is 2.39. The zero-order valence-electron chi connectivity index (χ0n) is 22.4. The average Bonchev–Trinajstić information content (AvgIpc) is 3.29. The molecule has 0 aliphatic rings. The van der Waals surface area contributed by atoms with Gasteiger partial charge >= 0.3 is 0 Å². The highest BCUT2D eigenvalue weighted by atomic mass is 79.9. The van der Waals surface area contributed by atoms with Crippen molar-refractivity contribution >= 4 is 54.9 Å². The first kappa shape index (κ1) is 15.1. The fourth-order valence-electron chi connectivity index (χ4n) is 4.07. The summed E-state index contributed by atoms with van der Waals surface area (Å²) in [6.07, 6.45) is 0. The third-order valence-corrected chi connectivity index (χ3v) is 6.10. The van der Waals surface area contributed by atoms with E-state index in [0.29, 0.717) is 5.56 Å². The van der Waals surface area contributed by atoms with Gasteiger partial charge in [0.2, 0.25) is 0 Å². The minimum absolute atomic E-state index is 0.184. The van der Waals surface area contributed by atoms with Gasteiger partial charge in [-0.1, -0.05) is 76.5 Å². The number of anilines is 3. The van der Waals surface area contributed by atoms with Gasteiger partial charge in [0, 0.05) is 38.4 Å². The molecule has 0 N–H and O–H groups in total. The lowest BCUT2D eigenvalue weighted by Gasteiger charge is -2.25. The van der Waals surface area contributed by atoms with Crippen LogP contribution < -0.4 is 4.90 Å². The summed E-state index contributed by atoms with van der Waals surface area (Å²) in [6, 6.07) is 27.9. The highest BCUT2D eigenvalue weighted by molar-refractivity contribution is 9.10. The molecule has 0 saturated heterocycles. The van der Waals surface area contributed by atoms with Crippen molar-refractivity contribution in [1.82, 2.24) is 0 Å². The Balaban J connectivity index is 1.48. The van der Waals surface area contributed by atoms with Gasteiger partial charge in [-0.2, -0.15) is 0 Å². The van der Waals surface area contributed by atoms with Crippen molar-refractivity contribution in [3.05, 3.63) is 126 Å². The van der Waals surface area contributed by atoms with Gasteiger partial charge in [0.15, 0.2) is 0 Å². The van der Waals surface area contributed by atoms with E-state index in [0.717, 1.165) is 43.5 Å². The van der Waals surface area contributed by atoms with Gasteiger partial charge in [-0.15, -0.1) is 0 Å². The maximum atomic E-state index is 8.32. The van der Waals surface area contributed by atoms with Crippen LogP contribution in [0.1, 0.15) is 6.85 Å². The quantitative estimate of drug-likeness (QED) is 0.242. The molecular weight excluding hydrogens is 470 g/mol. The minimum Gasteiger partial charge on any atom is -0.456 e. The molecule has 0 atom stereocenters. The molecule has 0 spiro atoms. The predicted molar refractivity (Wildman–Crippen MR) is 142 cm³/mol. The van der Waals surface area contributed by atoms with Crippen LogP contribution in [0.2, 0.25) is 0 Å². The first-order valence-corrected chi connectivity index (χ1v) is 11.3. The van der Waals surface area contributed by atoms with Crippen LogP contribution in [-0.4, -0.2) is 0 Å². The predicted octanol–water partition coefficient (Wildman–Crippen LogP) is 9.49. The van der Waals surface area contributed by atoms with Crippen LogP contribution in [0.15, 0.2) is 130 Å². The summed E-state index contributed by atoms with van der Waals surface area (Å²) in [5, 5.41) is 2.06. The molecule has 0 bridgehead atoms. The molecule has 0 aliphatic carbocycles. The second-order valence-corrected chi connectivity index (χ2v) is 8.56. The zero-order chi connectivity index (χ0) is 26.6. The fraction of sp³-hybridized carbons (Fsp3) is 0. The van der Waals surface area contributed by atoms with E-state index in [1.165, 1.54) is 0 Å². The lowest BCUT2D eigenvalue weighted by Crippen LogP contribution is -2.09. The van der Waals surface area contributed by atoms with Gasteiger partial charge in [-0.25, -0.2) is 0 Å². The van der Waals surface area contributed by atoms with Crippen LogP contribution in [0.3, 0.4) is 0 Å². The van der Waals surface area contributed by atoms with E-state index in [4.69, 9.17) is 11.3 Å². The van der Waals surface area contributed by atoms with Crippen molar-refractivity contribution in [2.45, 2.75) is 0 Å². The maximum Gasteiger partial charge on any atom is 0.137 e. The molecule has 6 rings (SSSR count). The molecule has 0 unspecified atom stereocenters. The Bertz CT molecular complexity index is 1810. The molecule has 3 heteroatoms. The van der Waals surface area contributed by atoms with Gasteiger partial charge in [-0.3, -0.25) is 0 Å². The first-order valence-electron chi connectivity index (χ1n) is 13.0. The Labute approximate surface area is 207 Å². The van der Waals surface area contributed by atoms with Gasteiger partial charge in [0.25, 0.3) is 0 Å². The summed E-state index contributed by atoms with van der Waals surface area (Å²) in [7, 11) is 0. The first-order chi connectivity index (χ1) is 18.3. The summed E-state index contributed by atoms with van der Waals surface area (Å²) < 4.78 is 47.7. The summed E-state index contributed by atoms with van der Waals surface area (Å²) in [5.41, 5.74) is 5.02. The number of benzene rings is 5. The van der Waals surface area contributed by atoms with Crippen molar-refractivity contribution in [1.29, 1.82) is 0 Å². The van der Waals surface area contributed by atoms with Crippen LogP contribution in [-0.2, 0) is 0 Å². The van der Waals surface area contributed by atoms with Crippen molar-refractivity contribution in [3.63, 3.8) is 0 Å². The van der Waals surface area contributed by atoms with E-state index in [2.05, 4.69) is 33.0 Å². The topological polar surface area (TPSA) is 16.4 Å². The Hall–Kier alpha value is -3.82. The van der Waals surface area contributed by atoms with Crippen LogP contribution in [0.25, 0.3) is 33.1 Å². The lowest BCUT2D eigenvalue weighted by atomic mass is 10.0. The Morgan fingerprint density at radius 2 is 1.33 bits per heavy atom. The van der Waals surface area contributed by atoms with Crippen molar-refractivity contribution in [3.8, 4) is 11.1 Å². The summed E-state index contributed by atoms with van der Waals surface area (Å²) >= 11 is 3.54. The van der Waals surface area contributed by atoms with Crippen LogP contribution >= 0.6 is 15.9 Å². The third kappa shape index (κ3) is 3.71. The normalized spacial score (nSPS) is 13.3. The number of halogens is 1. The number of para-hydroxylation sites is 1. The number of furan rings is 1. The second-order valence-electron chi connectivity index (χ2n) is 7.64. The number of hydrogen-bond acceptors (Lipinski definition) is 2. The van der Waals surface area contributed by atoms with Crippen LogP contribution in [0.4, 0.5) is 17.1 Å². The molecule has 1 heterocycles. The van der Waals surface area contributed by atoms with E-state index in [9.17, 15) is 0 Å².